The lowest BCUT2D eigenvalue weighted by atomic mass is 10.0. The van der Waals surface area contributed by atoms with Crippen LogP contribution in [0.2, 0.25) is 0 Å². The van der Waals surface area contributed by atoms with Crippen molar-refractivity contribution in [3.63, 3.8) is 0 Å². The highest BCUT2D eigenvalue weighted by Gasteiger charge is 2.13. The molecule has 0 saturated carbocycles. The minimum atomic E-state index is 0.441. The number of rotatable bonds is 10. The van der Waals surface area contributed by atoms with Gasteiger partial charge in [0.25, 0.3) is 0 Å². The fourth-order valence-electron chi connectivity index (χ4n) is 2.62. The molecule has 0 amide bonds. The highest BCUT2D eigenvalue weighted by molar-refractivity contribution is 5.31. The molecule has 0 radical (unpaired) electrons. The minimum Gasteiger partial charge on any atom is -0.309 e. The fraction of sp³-hybridized carbons (Fsp3) is 0.684. The Labute approximate surface area is 131 Å². The minimum absolute atomic E-state index is 0.441. The second-order valence-electron chi connectivity index (χ2n) is 6.32. The van der Waals surface area contributed by atoms with Crippen molar-refractivity contribution in [2.24, 2.45) is 0 Å². The quantitative estimate of drug-likeness (QED) is 0.640. The van der Waals surface area contributed by atoms with Crippen LogP contribution in [0.5, 0.6) is 0 Å². The maximum Gasteiger partial charge on any atom is 0.0449 e. The molecule has 0 aliphatic carbocycles. The highest BCUT2D eigenvalue weighted by atomic mass is 15.1. The average Bonchev–Trinajstić information content (AvgIpc) is 2.46. The third-order valence-corrected chi connectivity index (χ3v) is 4.21. The van der Waals surface area contributed by atoms with Crippen molar-refractivity contribution in [1.29, 1.82) is 0 Å². The molecule has 1 rings (SSSR count). The van der Waals surface area contributed by atoms with Crippen LogP contribution in [0.25, 0.3) is 0 Å². The van der Waals surface area contributed by atoms with E-state index in [9.17, 15) is 0 Å². The average molecular weight is 290 g/mol. The summed E-state index contributed by atoms with van der Waals surface area (Å²) in [6.07, 6.45) is 5.12. The smallest absolute Gasteiger partial charge is 0.0449 e. The normalized spacial score (nSPS) is 12.9. The molecule has 0 fully saturated rings. The summed E-state index contributed by atoms with van der Waals surface area (Å²) in [4.78, 5) is 2.47. The molecule has 2 heteroatoms. The molecule has 0 saturated heterocycles. The standard InChI is InChI=1S/C19H34N2/c1-6-8-9-13-21(5)15-19(20-12-7-2)18-11-10-16(3)17(4)14-18/h10-11,14,19-20H,6-9,12-13,15H2,1-5H3. The molecule has 1 atom stereocenters. The largest absolute Gasteiger partial charge is 0.309 e. The summed E-state index contributed by atoms with van der Waals surface area (Å²) < 4.78 is 0. The molecule has 0 heterocycles. The molecule has 1 aromatic carbocycles. The van der Waals surface area contributed by atoms with Gasteiger partial charge in [0.2, 0.25) is 0 Å². The molecule has 2 nitrogen and oxygen atoms in total. The summed E-state index contributed by atoms with van der Waals surface area (Å²) in [5.41, 5.74) is 4.20. The van der Waals surface area contributed by atoms with Crippen LogP contribution in [0.3, 0.4) is 0 Å². The van der Waals surface area contributed by atoms with Gasteiger partial charge in [-0.3, -0.25) is 0 Å². The summed E-state index contributed by atoms with van der Waals surface area (Å²) in [5, 5.41) is 3.71. The Bertz CT molecular complexity index is 401. The number of likely N-dealkylation sites (N-methyl/N-ethyl adjacent to an activating group) is 1. The van der Waals surface area contributed by atoms with Gasteiger partial charge in [0.05, 0.1) is 0 Å². The van der Waals surface area contributed by atoms with Gasteiger partial charge in [0.15, 0.2) is 0 Å². The summed E-state index contributed by atoms with van der Waals surface area (Å²) in [6, 6.07) is 7.33. The molecule has 1 aromatic rings. The van der Waals surface area contributed by atoms with Crippen LogP contribution in [-0.2, 0) is 0 Å². The van der Waals surface area contributed by atoms with Gasteiger partial charge >= 0.3 is 0 Å². The van der Waals surface area contributed by atoms with E-state index >= 15 is 0 Å². The van der Waals surface area contributed by atoms with Crippen molar-refractivity contribution in [1.82, 2.24) is 10.2 Å². The predicted octanol–water partition coefficient (Wildman–Crippen LogP) is 4.47. The summed E-state index contributed by atoms with van der Waals surface area (Å²) in [5.74, 6) is 0. The number of aryl methyl sites for hydroxylation is 2. The maximum atomic E-state index is 3.71. The SMILES string of the molecule is CCCCCN(C)CC(NCCC)c1ccc(C)c(C)c1. The van der Waals surface area contributed by atoms with Gasteiger partial charge in [-0.05, 0) is 63.5 Å². The second-order valence-corrected chi connectivity index (χ2v) is 6.32. The third-order valence-electron chi connectivity index (χ3n) is 4.21. The van der Waals surface area contributed by atoms with Crippen LogP contribution in [0.1, 0.15) is 62.3 Å². The summed E-state index contributed by atoms with van der Waals surface area (Å²) >= 11 is 0. The molecule has 1 unspecified atom stereocenters. The van der Waals surface area contributed by atoms with Crippen molar-refractivity contribution in [2.45, 2.75) is 59.4 Å². The van der Waals surface area contributed by atoms with Gasteiger partial charge in [-0.15, -0.1) is 0 Å². The predicted molar refractivity (Wildman–Crippen MR) is 94.0 cm³/mol. The first-order chi connectivity index (χ1) is 10.1. The Morgan fingerprint density at radius 3 is 2.43 bits per heavy atom. The maximum absolute atomic E-state index is 3.71. The van der Waals surface area contributed by atoms with Gasteiger partial charge in [-0.2, -0.15) is 0 Å². The molecule has 21 heavy (non-hydrogen) atoms. The van der Waals surface area contributed by atoms with E-state index in [1.54, 1.807) is 0 Å². The molecule has 0 aromatic heterocycles. The Morgan fingerprint density at radius 2 is 1.81 bits per heavy atom. The van der Waals surface area contributed by atoms with Crippen molar-refractivity contribution >= 4 is 0 Å². The molecule has 0 bridgehead atoms. The Kier molecular flexibility index (Phi) is 8.63. The van der Waals surface area contributed by atoms with E-state index in [1.807, 2.05) is 0 Å². The lowest BCUT2D eigenvalue weighted by Gasteiger charge is -2.26. The van der Waals surface area contributed by atoms with E-state index in [-0.39, 0.29) is 0 Å². The van der Waals surface area contributed by atoms with E-state index in [1.165, 1.54) is 48.9 Å². The van der Waals surface area contributed by atoms with Crippen LogP contribution >= 0.6 is 0 Å². The first-order valence-electron chi connectivity index (χ1n) is 8.57. The van der Waals surface area contributed by atoms with Gasteiger partial charge in [0, 0.05) is 12.6 Å². The second kappa shape index (κ2) is 9.97. The van der Waals surface area contributed by atoms with Crippen molar-refractivity contribution in [2.75, 3.05) is 26.7 Å². The van der Waals surface area contributed by atoms with Crippen LogP contribution in [-0.4, -0.2) is 31.6 Å². The van der Waals surface area contributed by atoms with Crippen LogP contribution in [0.15, 0.2) is 18.2 Å². The van der Waals surface area contributed by atoms with Crippen molar-refractivity contribution in [3.8, 4) is 0 Å². The zero-order chi connectivity index (χ0) is 15.7. The van der Waals surface area contributed by atoms with Gasteiger partial charge in [-0.1, -0.05) is 44.9 Å². The van der Waals surface area contributed by atoms with Gasteiger partial charge in [-0.25, -0.2) is 0 Å². The Hall–Kier alpha value is -0.860. The number of hydrogen-bond donors (Lipinski definition) is 1. The molecule has 0 spiro atoms. The Balaban J connectivity index is 2.67. The first kappa shape index (κ1) is 18.2. The van der Waals surface area contributed by atoms with Crippen molar-refractivity contribution in [3.05, 3.63) is 34.9 Å². The molecule has 120 valence electrons. The molecule has 0 aliphatic heterocycles. The number of hydrogen-bond acceptors (Lipinski definition) is 2. The van der Waals surface area contributed by atoms with Gasteiger partial charge < -0.3 is 10.2 Å². The van der Waals surface area contributed by atoms with E-state index in [0.717, 1.165) is 13.1 Å². The lowest BCUT2D eigenvalue weighted by Crippen LogP contribution is -2.34. The van der Waals surface area contributed by atoms with E-state index in [4.69, 9.17) is 0 Å². The van der Waals surface area contributed by atoms with Crippen LogP contribution < -0.4 is 5.32 Å². The van der Waals surface area contributed by atoms with Crippen LogP contribution in [0, 0.1) is 13.8 Å². The lowest BCUT2D eigenvalue weighted by molar-refractivity contribution is 0.284. The molecular formula is C19H34N2. The fourth-order valence-corrected chi connectivity index (χ4v) is 2.62. The monoisotopic (exact) mass is 290 g/mol. The van der Waals surface area contributed by atoms with Crippen molar-refractivity contribution < 1.29 is 0 Å². The molecule has 1 N–H and O–H groups in total. The van der Waals surface area contributed by atoms with Crippen LogP contribution in [0.4, 0.5) is 0 Å². The third kappa shape index (κ3) is 6.62. The number of unbranched alkanes of at least 4 members (excludes halogenated alkanes) is 2. The van der Waals surface area contributed by atoms with E-state index < -0.39 is 0 Å². The Morgan fingerprint density at radius 1 is 1.05 bits per heavy atom. The van der Waals surface area contributed by atoms with E-state index in [2.05, 4.69) is 63.2 Å². The zero-order valence-corrected chi connectivity index (χ0v) is 14.7. The summed E-state index contributed by atoms with van der Waals surface area (Å²) in [7, 11) is 2.25. The number of nitrogens with zero attached hydrogens (tertiary/aromatic N) is 1. The first-order valence-corrected chi connectivity index (χ1v) is 8.57. The highest BCUT2D eigenvalue weighted by Crippen LogP contribution is 2.18. The molecule has 0 aliphatic rings. The number of benzene rings is 1. The summed E-state index contributed by atoms with van der Waals surface area (Å²) in [6.45, 7) is 12.3. The zero-order valence-electron chi connectivity index (χ0n) is 14.7. The van der Waals surface area contributed by atoms with Gasteiger partial charge in [0.1, 0.15) is 0 Å². The topological polar surface area (TPSA) is 15.3 Å². The molecular weight excluding hydrogens is 256 g/mol. The number of nitrogens with one attached hydrogen (secondary N) is 1. The van der Waals surface area contributed by atoms with E-state index in [0.29, 0.717) is 6.04 Å².